The van der Waals surface area contributed by atoms with Crippen LogP contribution in [0.4, 0.5) is 49.1 Å². The zero-order chi connectivity index (χ0) is 24.0. The molecule has 0 aromatic heterocycles. The molecule has 0 aliphatic heterocycles. The number of alkyl halides is 6. The molecule has 1 N–H and O–H groups in total. The van der Waals surface area contributed by atoms with E-state index >= 15 is 0 Å². The molecular formula is C14H3Br3ClF6N3O4. The van der Waals surface area contributed by atoms with Gasteiger partial charge in [0.2, 0.25) is 0 Å². The number of halogens is 10. The molecule has 0 aliphatic rings. The Morgan fingerprint density at radius 3 is 1.84 bits per heavy atom. The smallest absolute Gasteiger partial charge is 0.342 e. The largest absolute Gasteiger partial charge is 0.418 e. The number of anilines is 2. The summed E-state index contributed by atoms with van der Waals surface area (Å²) < 4.78 is 78.2. The first kappa shape index (κ1) is 25.6. The molecule has 2 aromatic carbocycles. The standard InChI is InChI=1S/C14H3Br3ClF6N3O4/c15-4-2-5(16)10(8(17)7(4)14(22,23)24)25-11-6(26(28)29)1-3(13(19,20)21)9(18)12(11)27(30)31/h1-2,25H. The van der Waals surface area contributed by atoms with Gasteiger partial charge in [-0.15, -0.1) is 0 Å². The van der Waals surface area contributed by atoms with Crippen LogP contribution < -0.4 is 5.32 Å². The number of hydrogen-bond donors (Lipinski definition) is 1. The zero-order valence-electron chi connectivity index (χ0n) is 14.0. The third kappa shape index (κ3) is 5.06. The molecule has 0 saturated carbocycles. The normalized spacial score (nSPS) is 12.1. The van der Waals surface area contributed by atoms with Gasteiger partial charge in [-0.3, -0.25) is 20.2 Å². The van der Waals surface area contributed by atoms with E-state index in [1.165, 1.54) is 0 Å². The van der Waals surface area contributed by atoms with Gasteiger partial charge >= 0.3 is 23.7 Å². The van der Waals surface area contributed by atoms with Gasteiger partial charge in [0, 0.05) is 15.0 Å². The van der Waals surface area contributed by atoms with Crippen molar-refractivity contribution >= 4 is 82.1 Å². The molecule has 0 radical (unpaired) electrons. The van der Waals surface area contributed by atoms with E-state index in [0.29, 0.717) is 0 Å². The summed E-state index contributed by atoms with van der Waals surface area (Å²) in [6, 6.07) is 0.836. The molecule has 0 saturated heterocycles. The minimum atomic E-state index is -5.28. The van der Waals surface area contributed by atoms with Crippen molar-refractivity contribution < 1.29 is 36.2 Å². The van der Waals surface area contributed by atoms with Crippen LogP contribution in [0.1, 0.15) is 11.1 Å². The van der Waals surface area contributed by atoms with Gasteiger partial charge in [-0.1, -0.05) is 27.5 Å². The third-order valence-electron chi connectivity index (χ3n) is 3.61. The molecule has 0 atom stereocenters. The number of benzene rings is 2. The molecule has 31 heavy (non-hydrogen) atoms. The molecule has 0 aliphatic carbocycles. The molecule has 0 heterocycles. The monoisotopic (exact) mass is 663 g/mol. The maximum atomic E-state index is 13.4. The van der Waals surface area contributed by atoms with Crippen LogP contribution in [0.5, 0.6) is 0 Å². The Kier molecular flexibility index (Phi) is 7.19. The van der Waals surface area contributed by atoms with Gasteiger partial charge in [-0.05, 0) is 37.9 Å². The summed E-state index contributed by atoms with van der Waals surface area (Å²) in [6.07, 6.45) is -10.2. The van der Waals surface area contributed by atoms with E-state index in [-0.39, 0.29) is 10.5 Å². The molecular weight excluding hydrogens is 663 g/mol. The van der Waals surface area contributed by atoms with Gasteiger partial charge in [-0.25, -0.2) is 0 Å². The quantitative estimate of drug-likeness (QED) is 0.202. The van der Waals surface area contributed by atoms with Crippen LogP contribution in [-0.2, 0) is 12.4 Å². The highest BCUT2D eigenvalue weighted by molar-refractivity contribution is 9.11. The summed E-state index contributed by atoms with van der Waals surface area (Å²) in [5, 5.41) is 23.3. The van der Waals surface area contributed by atoms with Crippen LogP contribution in [0.25, 0.3) is 0 Å². The van der Waals surface area contributed by atoms with Gasteiger partial charge < -0.3 is 5.32 Å². The SMILES string of the molecule is O=[N+]([O-])c1cc(C(F)(F)F)c(Cl)c([N+](=O)[O-])c1Nc1c(Br)cc(Br)c(C(F)(F)F)c1Br. The first-order valence-corrected chi connectivity index (χ1v) is 9.98. The summed E-state index contributed by atoms with van der Waals surface area (Å²) in [7, 11) is 0. The second kappa shape index (κ2) is 8.71. The summed E-state index contributed by atoms with van der Waals surface area (Å²) in [6.45, 7) is 0. The molecule has 0 amide bonds. The highest BCUT2D eigenvalue weighted by Gasteiger charge is 2.43. The van der Waals surface area contributed by atoms with E-state index in [2.05, 4.69) is 47.8 Å². The van der Waals surface area contributed by atoms with Crippen molar-refractivity contribution in [3.8, 4) is 0 Å². The van der Waals surface area contributed by atoms with Crippen LogP contribution in [0.3, 0.4) is 0 Å². The van der Waals surface area contributed by atoms with E-state index in [4.69, 9.17) is 11.6 Å². The topological polar surface area (TPSA) is 98.3 Å². The Morgan fingerprint density at radius 2 is 1.42 bits per heavy atom. The molecule has 0 unspecified atom stereocenters. The lowest BCUT2D eigenvalue weighted by Crippen LogP contribution is -2.12. The lowest BCUT2D eigenvalue weighted by atomic mass is 10.1. The van der Waals surface area contributed by atoms with Gasteiger partial charge in [0.25, 0.3) is 0 Å². The highest BCUT2D eigenvalue weighted by Crippen LogP contribution is 2.51. The van der Waals surface area contributed by atoms with Crippen LogP contribution >= 0.6 is 59.4 Å². The zero-order valence-corrected chi connectivity index (χ0v) is 19.5. The average Bonchev–Trinajstić information content (AvgIpc) is 2.54. The maximum absolute atomic E-state index is 13.4. The Balaban J connectivity index is 2.92. The van der Waals surface area contributed by atoms with Crippen molar-refractivity contribution in [3.05, 3.63) is 61.9 Å². The van der Waals surface area contributed by atoms with E-state index in [9.17, 15) is 46.6 Å². The van der Waals surface area contributed by atoms with Crippen molar-refractivity contribution in [2.45, 2.75) is 12.4 Å². The minimum absolute atomic E-state index is 0.0526. The fourth-order valence-corrected chi connectivity index (χ4v) is 5.46. The second-order valence-corrected chi connectivity index (χ2v) is 8.40. The van der Waals surface area contributed by atoms with Crippen LogP contribution in [0.2, 0.25) is 5.02 Å². The van der Waals surface area contributed by atoms with Gasteiger partial charge in [0.05, 0.1) is 31.1 Å². The third-order valence-corrected chi connectivity index (χ3v) is 6.03. The highest BCUT2D eigenvalue weighted by atomic mass is 79.9. The average molecular weight is 666 g/mol. The molecule has 2 aromatic rings. The fraction of sp³-hybridized carbons (Fsp3) is 0.143. The first-order valence-electron chi connectivity index (χ1n) is 7.22. The summed E-state index contributed by atoms with van der Waals surface area (Å²) >= 11 is 13.8. The number of nitrogens with one attached hydrogen (secondary N) is 1. The Hall–Kier alpha value is -1.65. The predicted octanol–water partition coefficient (Wildman–Crippen LogP) is 8.23. The number of nitro groups is 2. The summed E-state index contributed by atoms with van der Waals surface area (Å²) in [4.78, 5) is 20.0. The second-order valence-electron chi connectivity index (χ2n) is 5.52. The Morgan fingerprint density at radius 1 is 0.871 bits per heavy atom. The van der Waals surface area contributed by atoms with Crippen LogP contribution in [0, 0.1) is 20.2 Å². The van der Waals surface area contributed by atoms with Crippen molar-refractivity contribution in [1.29, 1.82) is 0 Å². The molecule has 168 valence electrons. The van der Waals surface area contributed by atoms with Crippen LogP contribution in [0.15, 0.2) is 25.6 Å². The molecule has 7 nitrogen and oxygen atoms in total. The van der Waals surface area contributed by atoms with Gasteiger partial charge in [0.1, 0.15) is 5.02 Å². The fourth-order valence-electron chi connectivity index (χ4n) is 2.37. The predicted molar refractivity (Wildman–Crippen MR) is 108 cm³/mol. The Labute approximate surface area is 197 Å². The maximum Gasteiger partial charge on any atom is 0.418 e. The molecule has 2 rings (SSSR count). The van der Waals surface area contributed by atoms with Crippen molar-refractivity contribution in [3.63, 3.8) is 0 Å². The number of rotatable bonds is 4. The molecule has 0 spiro atoms. The summed E-state index contributed by atoms with van der Waals surface area (Å²) in [5.41, 5.74) is -7.86. The molecule has 17 heteroatoms. The van der Waals surface area contributed by atoms with E-state index in [1.54, 1.807) is 0 Å². The minimum Gasteiger partial charge on any atom is -0.342 e. The van der Waals surface area contributed by atoms with E-state index in [0.717, 1.165) is 6.07 Å². The summed E-state index contributed by atoms with van der Waals surface area (Å²) in [5.74, 6) is 0. The lowest BCUT2D eigenvalue weighted by molar-refractivity contribution is -0.392. The lowest BCUT2D eigenvalue weighted by Gasteiger charge is -2.18. The first-order chi connectivity index (χ1) is 14.0. The van der Waals surface area contributed by atoms with Gasteiger partial charge in [-0.2, -0.15) is 26.3 Å². The van der Waals surface area contributed by atoms with Crippen LogP contribution in [-0.4, -0.2) is 9.85 Å². The molecule has 0 bridgehead atoms. The van der Waals surface area contributed by atoms with Gasteiger partial charge in [0.15, 0.2) is 5.69 Å². The number of hydrogen-bond acceptors (Lipinski definition) is 5. The van der Waals surface area contributed by atoms with E-state index in [1.807, 2.05) is 5.32 Å². The molecule has 0 fully saturated rings. The van der Waals surface area contributed by atoms with E-state index < -0.39 is 70.0 Å². The number of nitrogens with zero attached hydrogens (tertiary/aromatic N) is 2. The van der Waals surface area contributed by atoms with Crippen molar-refractivity contribution in [2.75, 3.05) is 5.32 Å². The van der Waals surface area contributed by atoms with Crippen molar-refractivity contribution in [2.24, 2.45) is 0 Å². The Bertz CT molecular complexity index is 1110. The number of nitro benzene ring substituents is 2. The van der Waals surface area contributed by atoms with Crippen molar-refractivity contribution in [1.82, 2.24) is 0 Å².